The van der Waals surface area contributed by atoms with E-state index in [-0.39, 0.29) is 35.9 Å². The molecule has 2 heterocycles. The van der Waals surface area contributed by atoms with E-state index in [9.17, 15) is 9.59 Å². The molecule has 4 aliphatic rings. The van der Waals surface area contributed by atoms with Crippen LogP contribution in [0.1, 0.15) is 70.6 Å². The molecule has 3 unspecified atom stereocenters. The molecule has 4 rings (SSSR count). The minimum atomic E-state index is -0.213. The largest absolute Gasteiger partial charge is 0.374 e. The van der Waals surface area contributed by atoms with Crippen molar-refractivity contribution in [3.05, 3.63) is 0 Å². The van der Waals surface area contributed by atoms with Gasteiger partial charge in [-0.2, -0.15) is 0 Å². The lowest BCUT2D eigenvalue weighted by atomic mass is 9.88. The maximum absolute atomic E-state index is 13.3. The van der Waals surface area contributed by atoms with Crippen molar-refractivity contribution in [1.29, 1.82) is 0 Å². The number of amides is 2. The number of nitrogens with zero attached hydrogens (tertiary/aromatic N) is 2. The van der Waals surface area contributed by atoms with E-state index in [4.69, 9.17) is 4.74 Å². The number of likely N-dealkylation sites (tertiary alicyclic amines) is 1. The van der Waals surface area contributed by atoms with Crippen molar-refractivity contribution in [2.75, 3.05) is 19.7 Å². The normalized spacial score (nSPS) is 34.0. The molecule has 25 heavy (non-hydrogen) atoms. The molecule has 0 bridgehead atoms. The number of rotatable bonds is 2. The number of morpholine rings is 1. The van der Waals surface area contributed by atoms with Gasteiger partial charge < -0.3 is 14.5 Å². The molecule has 2 aliphatic carbocycles. The molecular formula is C20H32N2O3. The Hall–Kier alpha value is -1.10. The van der Waals surface area contributed by atoms with Gasteiger partial charge in [0.25, 0.3) is 0 Å². The van der Waals surface area contributed by atoms with Crippen LogP contribution in [0.25, 0.3) is 0 Å². The van der Waals surface area contributed by atoms with Gasteiger partial charge >= 0.3 is 0 Å². The molecule has 4 fully saturated rings. The molecule has 0 spiro atoms. The zero-order chi connectivity index (χ0) is 17.2. The van der Waals surface area contributed by atoms with Crippen molar-refractivity contribution in [2.45, 2.75) is 88.8 Å². The molecule has 0 aromatic rings. The Morgan fingerprint density at radius 1 is 0.720 bits per heavy atom. The van der Waals surface area contributed by atoms with Gasteiger partial charge in [-0.25, -0.2) is 0 Å². The Labute approximate surface area is 151 Å². The maximum atomic E-state index is 13.3. The highest BCUT2D eigenvalue weighted by Crippen LogP contribution is 2.32. The number of hydrogen-bond acceptors (Lipinski definition) is 3. The van der Waals surface area contributed by atoms with Gasteiger partial charge in [-0.15, -0.1) is 0 Å². The third-order valence-electron chi connectivity index (χ3n) is 6.79. The van der Waals surface area contributed by atoms with E-state index in [2.05, 4.69) is 4.90 Å². The predicted octanol–water partition coefficient (Wildman–Crippen LogP) is 2.73. The minimum absolute atomic E-state index is 0.161. The fourth-order valence-corrected chi connectivity index (χ4v) is 5.43. The SMILES string of the molecule is O=C(C1CCCCC1)N1CCCC1C(=O)N1CCOC2CCCCC21. The monoisotopic (exact) mass is 348 g/mol. The van der Waals surface area contributed by atoms with E-state index in [1.54, 1.807) is 0 Å². The second-order valence-electron chi connectivity index (χ2n) is 8.32. The highest BCUT2D eigenvalue weighted by molar-refractivity contribution is 5.89. The summed E-state index contributed by atoms with van der Waals surface area (Å²) in [4.78, 5) is 30.4. The first kappa shape index (κ1) is 17.3. The second-order valence-corrected chi connectivity index (χ2v) is 8.32. The zero-order valence-electron chi connectivity index (χ0n) is 15.3. The molecule has 5 heteroatoms. The fourth-order valence-electron chi connectivity index (χ4n) is 5.43. The number of carbonyl (C=O) groups excluding carboxylic acids is 2. The van der Waals surface area contributed by atoms with Crippen LogP contribution in [-0.2, 0) is 14.3 Å². The molecule has 140 valence electrons. The van der Waals surface area contributed by atoms with Gasteiger partial charge in [0.15, 0.2) is 0 Å². The van der Waals surface area contributed by atoms with Crippen molar-refractivity contribution in [1.82, 2.24) is 9.80 Å². The maximum Gasteiger partial charge on any atom is 0.245 e. The molecule has 2 saturated carbocycles. The molecular weight excluding hydrogens is 316 g/mol. The number of fused-ring (bicyclic) bond motifs is 1. The van der Waals surface area contributed by atoms with Gasteiger partial charge in [0.05, 0.1) is 18.8 Å². The number of ether oxygens (including phenoxy) is 1. The fraction of sp³-hybridized carbons (Fsp3) is 0.900. The van der Waals surface area contributed by atoms with Gasteiger partial charge in [0.2, 0.25) is 11.8 Å². The summed E-state index contributed by atoms with van der Waals surface area (Å²) in [6.45, 7) is 2.11. The first-order valence-electron chi connectivity index (χ1n) is 10.5. The highest BCUT2D eigenvalue weighted by Gasteiger charge is 2.43. The Balaban J connectivity index is 1.45. The average molecular weight is 348 g/mol. The quantitative estimate of drug-likeness (QED) is 0.771. The van der Waals surface area contributed by atoms with Gasteiger partial charge in [0, 0.05) is 19.0 Å². The highest BCUT2D eigenvalue weighted by atomic mass is 16.5. The van der Waals surface area contributed by atoms with Crippen LogP contribution >= 0.6 is 0 Å². The standard InChI is InChI=1S/C20H32N2O3/c23-19(15-7-2-1-3-8-15)21-12-6-10-17(21)20(24)22-13-14-25-18-11-5-4-9-16(18)22/h15-18H,1-14H2. The molecule has 0 aromatic carbocycles. The molecule has 0 aromatic heterocycles. The van der Waals surface area contributed by atoms with E-state index in [1.807, 2.05) is 4.90 Å². The van der Waals surface area contributed by atoms with Gasteiger partial charge in [-0.1, -0.05) is 32.1 Å². The predicted molar refractivity (Wildman–Crippen MR) is 95.0 cm³/mol. The van der Waals surface area contributed by atoms with Crippen LogP contribution in [0.2, 0.25) is 0 Å². The van der Waals surface area contributed by atoms with E-state index < -0.39 is 0 Å². The van der Waals surface area contributed by atoms with E-state index in [1.165, 1.54) is 19.3 Å². The summed E-state index contributed by atoms with van der Waals surface area (Å²) in [5, 5.41) is 0. The van der Waals surface area contributed by atoms with Crippen LogP contribution in [0.15, 0.2) is 0 Å². The molecule has 2 saturated heterocycles. The molecule has 5 nitrogen and oxygen atoms in total. The second kappa shape index (κ2) is 7.65. The summed E-state index contributed by atoms with van der Waals surface area (Å²) in [5.74, 6) is 0.611. The lowest BCUT2D eigenvalue weighted by Gasteiger charge is -2.45. The van der Waals surface area contributed by atoms with Gasteiger partial charge in [-0.05, 0) is 38.5 Å². The Morgan fingerprint density at radius 3 is 2.32 bits per heavy atom. The number of hydrogen-bond donors (Lipinski definition) is 0. The minimum Gasteiger partial charge on any atom is -0.374 e. The molecule has 3 atom stereocenters. The first-order valence-corrected chi connectivity index (χ1v) is 10.5. The third kappa shape index (κ3) is 3.44. The molecule has 2 amide bonds. The van der Waals surface area contributed by atoms with Crippen LogP contribution in [-0.4, -0.2) is 59.5 Å². The number of carbonyl (C=O) groups is 2. The van der Waals surface area contributed by atoms with Crippen LogP contribution < -0.4 is 0 Å². The van der Waals surface area contributed by atoms with E-state index in [0.717, 1.165) is 57.9 Å². The summed E-state index contributed by atoms with van der Waals surface area (Å²) < 4.78 is 5.92. The van der Waals surface area contributed by atoms with Crippen LogP contribution in [0.4, 0.5) is 0 Å². The van der Waals surface area contributed by atoms with E-state index >= 15 is 0 Å². The van der Waals surface area contributed by atoms with Gasteiger partial charge in [-0.3, -0.25) is 9.59 Å². The van der Waals surface area contributed by atoms with Crippen molar-refractivity contribution < 1.29 is 14.3 Å². The third-order valence-corrected chi connectivity index (χ3v) is 6.79. The molecule has 0 radical (unpaired) electrons. The van der Waals surface area contributed by atoms with Crippen LogP contribution in [0.5, 0.6) is 0 Å². The van der Waals surface area contributed by atoms with Crippen LogP contribution in [0, 0.1) is 5.92 Å². The van der Waals surface area contributed by atoms with E-state index in [0.29, 0.717) is 13.2 Å². The Bertz CT molecular complexity index is 501. The van der Waals surface area contributed by atoms with Gasteiger partial charge in [0.1, 0.15) is 6.04 Å². The summed E-state index contributed by atoms with van der Waals surface area (Å²) in [6.07, 6.45) is 12.1. The van der Waals surface area contributed by atoms with Crippen molar-refractivity contribution in [2.24, 2.45) is 5.92 Å². The van der Waals surface area contributed by atoms with Crippen LogP contribution in [0.3, 0.4) is 0 Å². The smallest absolute Gasteiger partial charge is 0.245 e. The topological polar surface area (TPSA) is 49.9 Å². The molecule has 2 aliphatic heterocycles. The Kier molecular flexibility index (Phi) is 5.30. The summed E-state index contributed by atoms with van der Waals surface area (Å²) >= 11 is 0. The van der Waals surface area contributed by atoms with Crippen molar-refractivity contribution >= 4 is 11.8 Å². The summed E-state index contributed by atoms with van der Waals surface area (Å²) in [7, 11) is 0. The average Bonchev–Trinajstić information content (AvgIpc) is 3.17. The lowest BCUT2D eigenvalue weighted by Crippen LogP contribution is -2.59. The first-order chi connectivity index (χ1) is 12.3. The summed E-state index contributed by atoms with van der Waals surface area (Å²) in [5.41, 5.74) is 0. The van der Waals surface area contributed by atoms with Crippen molar-refractivity contribution in [3.63, 3.8) is 0 Å². The lowest BCUT2D eigenvalue weighted by molar-refractivity contribution is -0.158. The summed E-state index contributed by atoms with van der Waals surface area (Å²) in [6, 6.07) is 0.0253. The van der Waals surface area contributed by atoms with Crippen molar-refractivity contribution in [3.8, 4) is 0 Å². The molecule has 0 N–H and O–H groups in total. The Morgan fingerprint density at radius 2 is 1.48 bits per heavy atom. The zero-order valence-corrected chi connectivity index (χ0v) is 15.3.